The van der Waals surface area contributed by atoms with Crippen LogP contribution in [0.15, 0.2) is 91.1 Å². The van der Waals surface area contributed by atoms with Crippen molar-refractivity contribution in [3.05, 3.63) is 108 Å². The average molecular weight is 464 g/mol. The SMILES string of the molecule is COc1ccc(-c2ccccc2C(=O)Nc2ccc3c(c2)CCN3C(=O)Cc2ccccn2)cc1. The van der Waals surface area contributed by atoms with Crippen LogP contribution in [-0.4, -0.2) is 30.5 Å². The van der Waals surface area contributed by atoms with Crippen molar-refractivity contribution in [2.45, 2.75) is 12.8 Å². The number of nitrogens with zero attached hydrogens (tertiary/aromatic N) is 2. The molecule has 0 fully saturated rings. The van der Waals surface area contributed by atoms with E-state index >= 15 is 0 Å². The molecule has 0 saturated heterocycles. The number of hydrogen-bond acceptors (Lipinski definition) is 4. The Hall–Kier alpha value is -4.45. The Morgan fingerprint density at radius 1 is 0.971 bits per heavy atom. The molecule has 5 rings (SSSR count). The van der Waals surface area contributed by atoms with E-state index in [1.807, 2.05) is 84.9 Å². The van der Waals surface area contributed by atoms with Gasteiger partial charge in [0.1, 0.15) is 5.75 Å². The minimum atomic E-state index is -0.183. The van der Waals surface area contributed by atoms with Gasteiger partial charge in [0.25, 0.3) is 5.91 Å². The van der Waals surface area contributed by atoms with Crippen molar-refractivity contribution in [2.75, 3.05) is 23.9 Å². The molecule has 174 valence electrons. The number of ether oxygens (including phenoxy) is 1. The number of pyridine rings is 1. The molecular weight excluding hydrogens is 438 g/mol. The topological polar surface area (TPSA) is 71.5 Å². The van der Waals surface area contributed by atoms with Gasteiger partial charge < -0.3 is 15.0 Å². The Kier molecular flexibility index (Phi) is 6.26. The zero-order valence-corrected chi connectivity index (χ0v) is 19.4. The van der Waals surface area contributed by atoms with E-state index in [1.165, 1.54) is 0 Å². The standard InChI is InChI=1S/C29H25N3O3/c1-35-24-12-9-20(10-13-24)25-7-2-3-8-26(25)29(34)31-23-11-14-27-21(18-23)15-17-32(27)28(33)19-22-6-4-5-16-30-22/h2-14,16,18H,15,17,19H2,1H3,(H,31,34). The van der Waals surface area contributed by atoms with Crippen molar-refractivity contribution in [1.29, 1.82) is 0 Å². The molecule has 3 aromatic carbocycles. The summed E-state index contributed by atoms with van der Waals surface area (Å²) in [6, 6.07) is 26.5. The summed E-state index contributed by atoms with van der Waals surface area (Å²) in [6.07, 6.45) is 2.71. The zero-order chi connectivity index (χ0) is 24.2. The molecular formula is C29H25N3O3. The summed E-state index contributed by atoms with van der Waals surface area (Å²) in [4.78, 5) is 32.1. The molecule has 0 unspecified atom stereocenters. The maximum atomic E-state index is 13.2. The van der Waals surface area contributed by atoms with Gasteiger partial charge in [0.05, 0.1) is 13.5 Å². The van der Waals surface area contributed by atoms with Crippen LogP contribution < -0.4 is 15.0 Å². The van der Waals surface area contributed by atoms with E-state index in [1.54, 1.807) is 18.2 Å². The molecule has 2 heterocycles. The summed E-state index contributed by atoms with van der Waals surface area (Å²) in [5.74, 6) is 0.603. The number of nitrogens with one attached hydrogen (secondary N) is 1. The maximum Gasteiger partial charge on any atom is 0.256 e. The molecule has 4 aromatic rings. The predicted octanol–water partition coefficient (Wildman–Crippen LogP) is 5.14. The number of carbonyl (C=O) groups excluding carboxylic acids is 2. The molecule has 6 heteroatoms. The first-order valence-corrected chi connectivity index (χ1v) is 11.5. The predicted molar refractivity (Wildman–Crippen MR) is 137 cm³/mol. The number of anilines is 2. The normalized spacial score (nSPS) is 12.2. The number of rotatable bonds is 6. The molecule has 0 bridgehead atoms. The molecule has 1 aliphatic heterocycles. The van der Waals surface area contributed by atoms with Gasteiger partial charge in [0.2, 0.25) is 5.91 Å². The fourth-order valence-corrected chi connectivity index (χ4v) is 4.39. The first-order chi connectivity index (χ1) is 17.1. The van der Waals surface area contributed by atoms with Crippen LogP contribution in [0, 0.1) is 0 Å². The second-order valence-electron chi connectivity index (χ2n) is 8.36. The highest BCUT2D eigenvalue weighted by molar-refractivity contribution is 6.09. The lowest BCUT2D eigenvalue weighted by Gasteiger charge is -2.17. The molecule has 0 spiro atoms. The molecule has 1 aromatic heterocycles. The highest BCUT2D eigenvalue weighted by Gasteiger charge is 2.25. The Bertz CT molecular complexity index is 1370. The number of hydrogen-bond donors (Lipinski definition) is 1. The third-order valence-electron chi connectivity index (χ3n) is 6.17. The summed E-state index contributed by atoms with van der Waals surface area (Å²) in [7, 11) is 1.63. The highest BCUT2D eigenvalue weighted by atomic mass is 16.5. The summed E-state index contributed by atoms with van der Waals surface area (Å²) in [5, 5.41) is 3.03. The number of aromatic nitrogens is 1. The molecule has 1 N–H and O–H groups in total. The van der Waals surface area contributed by atoms with Gasteiger partial charge in [-0.25, -0.2) is 0 Å². The number of fused-ring (bicyclic) bond motifs is 1. The van der Waals surface area contributed by atoms with E-state index in [2.05, 4.69) is 10.3 Å². The van der Waals surface area contributed by atoms with E-state index < -0.39 is 0 Å². The Balaban J connectivity index is 1.32. The van der Waals surface area contributed by atoms with Crippen molar-refractivity contribution in [2.24, 2.45) is 0 Å². The van der Waals surface area contributed by atoms with Crippen LogP contribution >= 0.6 is 0 Å². The second kappa shape index (κ2) is 9.81. The van der Waals surface area contributed by atoms with Crippen molar-refractivity contribution in [1.82, 2.24) is 4.98 Å². The lowest BCUT2D eigenvalue weighted by atomic mass is 9.99. The zero-order valence-electron chi connectivity index (χ0n) is 19.4. The molecule has 0 radical (unpaired) electrons. The number of methoxy groups -OCH3 is 1. The molecule has 6 nitrogen and oxygen atoms in total. The molecule has 0 aliphatic carbocycles. The Labute approximate surface area is 204 Å². The van der Waals surface area contributed by atoms with E-state index in [0.717, 1.165) is 40.2 Å². The first kappa shape index (κ1) is 22.3. The molecule has 2 amide bonds. The van der Waals surface area contributed by atoms with Gasteiger partial charge in [0.15, 0.2) is 0 Å². The third kappa shape index (κ3) is 4.77. The van der Waals surface area contributed by atoms with Crippen LogP contribution in [0.4, 0.5) is 11.4 Å². The first-order valence-electron chi connectivity index (χ1n) is 11.5. The average Bonchev–Trinajstić information content (AvgIpc) is 3.33. The fourth-order valence-electron chi connectivity index (χ4n) is 4.39. The lowest BCUT2D eigenvalue weighted by molar-refractivity contribution is -0.117. The van der Waals surface area contributed by atoms with Gasteiger partial charge in [-0.15, -0.1) is 0 Å². The lowest BCUT2D eigenvalue weighted by Crippen LogP contribution is -2.30. The van der Waals surface area contributed by atoms with E-state index in [0.29, 0.717) is 17.8 Å². The van der Waals surface area contributed by atoms with Crippen molar-refractivity contribution < 1.29 is 14.3 Å². The van der Waals surface area contributed by atoms with Crippen molar-refractivity contribution >= 4 is 23.2 Å². The van der Waals surface area contributed by atoms with Gasteiger partial charge in [-0.1, -0.05) is 36.4 Å². The highest BCUT2D eigenvalue weighted by Crippen LogP contribution is 2.32. The van der Waals surface area contributed by atoms with Crippen molar-refractivity contribution in [3.8, 4) is 16.9 Å². The number of benzene rings is 3. The van der Waals surface area contributed by atoms with Crippen LogP contribution in [0.25, 0.3) is 11.1 Å². The maximum absolute atomic E-state index is 13.2. The largest absolute Gasteiger partial charge is 0.497 e. The Morgan fingerprint density at radius 3 is 2.54 bits per heavy atom. The van der Waals surface area contributed by atoms with Crippen LogP contribution in [0.5, 0.6) is 5.75 Å². The summed E-state index contributed by atoms with van der Waals surface area (Å²) in [5.41, 5.74) is 5.77. The van der Waals surface area contributed by atoms with E-state index in [4.69, 9.17) is 4.74 Å². The van der Waals surface area contributed by atoms with Gasteiger partial charge >= 0.3 is 0 Å². The summed E-state index contributed by atoms with van der Waals surface area (Å²) in [6.45, 7) is 0.624. The second-order valence-corrected chi connectivity index (χ2v) is 8.36. The third-order valence-corrected chi connectivity index (χ3v) is 6.17. The van der Waals surface area contributed by atoms with Gasteiger partial charge in [-0.3, -0.25) is 14.6 Å². The molecule has 1 aliphatic rings. The summed E-state index contributed by atoms with van der Waals surface area (Å²) < 4.78 is 5.24. The monoisotopic (exact) mass is 463 g/mol. The van der Waals surface area contributed by atoms with E-state index in [9.17, 15) is 9.59 Å². The number of carbonyl (C=O) groups is 2. The van der Waals surface area contributed by atoms with Crippen molar-refractivity contribution in [3.63, 3.8) is 0 Å². The quantitative estimate of drug-likeness (QED) is 0.430. The smallest absolute Gasteiger partial charge is 0.256 e. The molecule has 35 heavy (non-hydrogen) atoms. The van der Waals surface area contributed by atoms with Crippen LogP contribution in [-0.2, 0) is 17.6 Å². The number of amides is 2. The van der Waals surface area contributed by atoms with Crippen LogP contribution in [0.1, 0.15) is 21.6 Å². The van der Waals surface area contributed by atoms with Gasteiger partial charge in [0, 0.05) is 35.4 Å². The molecule has 0 saturated carbocycles. The minimum absolute atomic E-state index is 0.0210. The van der Waals surface area contributed by atoms with Gasteiger partial charge in [-0.05, 0) is 71.6 Å². The van der Waals surface area contributed by atoms with Crippen LogP contribution in [0.3, 0.4) is 0 Å². The molecule has 0 atom stereocenters. The fraction of sp³-hybridized carbons (Fsp3) is 0.138. The summed E-state index contributed by atoms with van der Waals surface area (Å²) >= 11 is 0. The Morgan fingerprint density at radius 2 is 1.77 bits per heavy atom. The minimum Gasteiger partial charge on any atom is -0.497 e. The van der Waals surface area contributed by atoms with E-state index in [-0.39, 0.29) is 18.2 Å². The van der Waals surface area contributed by atoms with Crippen LogP contribution in [0.2, 0.25) is 0 Å². The van der Waals surface area contributed by atoms with Gasteiger partial charge in [-0.2, -0.15) is 0 Å².